The van der Waals surface area contributed by atoms with Crippen molar-refractivity contribution < 1.29 is 14.2 Å². The van der Waals surface area contributed by atoms with Crippen molar-refractivity contribution in [2.24, 2.45) is 0 Å². The van der Waals surface area contributed by atoms with Crippen LogP contribution in [0.3, 0.4) is 0 Å². The first kappa shape index (κ1) is 31.5. The van der Waals surface area contributed by atoms with Crippen LogP contribution in [0.5, 0.6) is 11.6 Å². The third-order valence-corrected chi connectivity index (χ3v) is 9.41. The maximum absolute atomic E-state index is 9.65. The van der Waals surface area contributed by atoms with E-state index in [1.54, 1.807) is 23.1 Å². The average molecular weight is 651 g/mol. The summed E-state index contributed by atoms with van der Waals surface area (Å²) in [6.45, 7) is 4.29. The summed E-state index contributed by atoms with van der Waals surface area (Å²) in [7, 11) is 0. The number of ether oxygens (including phenoxy) is 3. The molecule has 0 radical (unpaired) electrons. The highest BCUT2D eigenvalue weighted by Crippen LogP contribution is 2.39. The van der Waals surface area contributed by atoms with E-state index in [1.807, 2.05) is 29.9 Å². The minimum atomic E-state index is -0.279. The second kappa shape index (κ2) is 14.3. The van der Waals surface area contributed by atoms with Gasteiger partial charge >= 0.3 is 0 Å². The first-order valence-electron chi connectivity index (χ1n) is 16.5. The lowest BCUT2D eigenvalue weighted by Gasteiger charge is -2.43. The predicted octanol–water partition coefficient (Wildman–Crippen LogP) is 4.05. The van der Waals surface area contributed by atoms with E-state index in [9.17, 15) is 5.26 Å². The number of tetrazole rings is 1. The van der Waals surface area contributed by atoms with Crippen LogP contribution in [-0.2, 0) is 11.3 Å². The van der Waals surface area contributed by atoms with Crippen LogP contribution in [-0.4, -0.2) is 88.9 Å². The number of nitrogens with one attached hydrogen (secondary N) is 1. The Balaban J connectivity index is 1.03. The molecule has 1 N–H and O–H groups in total. The zero-order valence-corrected chi connectivity index (χ0v) is 26.9. The fourth-order valence-electron chi connectivity index (χ4n) is 7.16. The summed E-state index contributed by atoms with van der Waals surface area (Å²) in [5.74, 6) is 1.27. The molecule has 2 aliphatic heterocycles. The number of nitrogens with zero attached hydrogens (tertiary/aromatic N) is 11. The molecule has 248 valence electrons. The third kappa shape index (κ3) is 6.93. The Bertz CT molecular complexity index is 1740. The molecule has 0 amide bonds. The van der Waals surface area contributed by atoms with Gasteiger partial charge in [0.1, 0.15) is 36.5 Å². The quantitative estimate of drug-likeness (QED) is 0.217. The SMILES string of the molecule is CC(Cn1cnnn1)Oc1cc(-c2cnc(Nc3cn(C4CCC(N5[C@@H]6CC[C@H]5COC6)CC4)nc3OCCC#N)nc2)ccc1C#N. The van der Waals surface area contributed by atoms with E-state index >= 15 is 0 Å². The van der Waals surface area contributed by atoms with Crippen LogP contribution in [0.15, 0.2) is 43.1 Å². The van der Waals surface area contributed by atoms with Crippen LogP contribution < -0.4 is 14.8 Å². The summed E-state index contributed by atoms with van der Waals surface area (Å²) in [6.07, 6.45) is 13.7. The lowest BCUT2D eigenvalue weighted by Crippen LogP contribution is -2.52. The van der Waals surface area contributed by atoms with Crippen molar-refractivity contribution >= 4 is 11.6 Å². The molecule has 5 heterocycles. The second-order valence-corrected chi connectivity index (χ2v) is 12.6. The third-order valence-electron chi connectivity index (χ3n) is 9.41. The van der Waals surface area contributed by atoms with E-state index < -0.39 is 0 Å². The molecule has 4 aromatic rings. The Labute approximate surface area is 278 Å². The number of rotatable bonds is 12. The van der Waals surface area contributed by atoms with E-state index in [-0.39, 0.29) is 25.2 Å². The van der Waals surface area contributed by atoms with Crippen LogP contribution >= 0.6 is 0 Å². The molecule has 3 fully saturated rings. The molecule has 1 aliphatic carbocycles. The van der Waals surface area contributed by atoms with Crippen LogP contribution in [0.25, 0.3) is 11.1 Å². The number of aromatic nitrogens is 8. The van der Waals surface area contributed by atoms with Crippen molar-refractivity contribution in [1.29, 1.82) is 10.5 Å². The Morgan fingerprint density at radius 3 is 2.46 bits per heavy atom. The number of anilines is 2. The molecule has 15 nitrogen and oxygen atoms in total. The van der Waals surface area contributed by atoms with Crippen molar-refractivity contribution in [2.45, 2.75) is 88.7 Å². The number of hydrogen-bond donors (Lipinski definition) is 1. The Kier molecular flexibility index (Phi) is 9.40. The van der Waals surface area contributed by atoms with Gasteiger partial charge in [0.15, 0.2) is 0 Å². The van der Waals surface area contributed by atoms with E-state index in [4.69, 9.17) is 24.6 Å². The maximum Gasteiger partial charge on any atom is 0.256 e. The van der Waals surface area contributed by atoms with E-state index in [0.717, 1.165) is 50.0 Å². The summed E-state index contributed by atoms with van der Waals surface area (Å²) in [4.78, 5) is 11.9. The number of nitriles is 2. The van der Waals surface area contributed by atoms with Gasteiger partial charge in [-0.1, -0.05) is 6.07 Å². The molecular weight excluding hydrogens is 612 g/mol. The van der Waals surface area contributed by atoms with Crippen LogP contribution in [0.1, 0.15) is 63.5 Å². The van der Waals surface area contributed by atoms with Gasteiger partial charge in [-0.15, -0.1) is 10.2 Å². The molecule has 0 spiro atoms. The van der Waals surface area contributed by atoms with Crippen LogP contribution in [0.2, 0.25) is 0 Å². The molecule has 48 heavy (non-hydrogen) atoms. The predicted molar refractivity (Wildman–Crippen MR) is 172 cm³/mol. The van der Waals surface area contributed by atoms with Crippen LogP contribution in [0, 0.1) is 22.7 Å². The van der Waals surface area contributed by atoms with Crippen molar-refractivity contribution in [3.63, 3.8) is 0 Å². The normalized spacial score (nSPS) is 22.8. The fraction of sp³-hybridized carbons (Fsp3) is 0.515. The molecule has 1 unspecified atom stereocenters. The molecule has 2 bridgehead atoms. The molecule has 3 atom stereocenters. The van der Waals surface area contributed by atoms with Crippen LogP contribution in [0.4, 0.5) is 11.6 Å². The molecule has 1 saturated carbocycles. The summed E-state index contributed by atoms with van der Waals surface area (Å²) in [6, 6.07) is 11.7. The van der Waals surface area contributed by atoms with Crippen molar-refractivity contribution in [2.75, 3.05) is 25.1 Å². The minimum absolute atomic E-state index is 0.242. The highest BCUT2D eigenvalue weighted by atomic mass is 16.5. The van der Waals surface area contributed by atoms with Gasteiger partial charge < -0.3 is 19.5 Å². The smallest absolute Gasteiger partial charge is 0.256 e. The first-order valence-corrected chi connectivity index (χ1v) is 16.5. The molecule has 1 aromatic carbocycles. The van der Waals surface area contributed by atoms with E-state index in [1.165, 1.54) is 19.2 Å². The minimum Gasteiger partial charge on any atom is -0.487 e. The standard InChI is InChI=1S/C33H38N12O3/c1-22(17-43-21-38-41-42-43)48-31-13-23(3-4-24(31)14-35)25-15-36-33(37-16-25)39-30-18-44(40-32(30)47-12-2-11-34)26-5-7-27(8-6-26)45-28-9-10-29(45)20-46-19-28/h3-4,13,15-16,18,21-22,26-29H,2,5-10,12,17,19-20H2,1H3,(H,36,37,39)/t22?,26?,27?,28-,29+. The average Bonchev–Trinajstić information content (AvgIpc) is 3.83. The Morgan fingerprint density at radius 1 is 1.00 bits per heavy atom. The molecule has 3 aliphatic rings. The number of morpholine rings is 1. The monoisotopic (exact) mass is 650 g/mol. The van der Waals surface area contributed by atoms with Crippen molar-refractivity contribution in [1.82, 2.24) is 44.9 Å². The Hall–Kier alpha value is -5.12. The lowest BCUT2D eigenvalue weighted by atomic mass is 9.89. The van der Waals surface area contributed by atoms with Gasteiger partial charge in [-0.25, -0.2) is 14.6 Å². The van der Waals surface area contributed by atoms with Gasteiger partial charge in [-0.05, 0) is 73.6 Å². The van der Waals surface area contributed by atoms with Crippen molar-refractivity contribution in [3.05, 3.63) is 48.7 Å². The Morgan fingerprint density at radius 2 is 1.75 bits per heavy atom. The number of fused-ring (bicyclic) bond motifs is 2. The zero-order chi connectivity index (χ0) is 32.9. The first-order chi connectivity index (χ1) is 23.6. The molecule has 2 saturated heterocycles. The van der Waals surface area contributed by atoms with E-state index in [2.05, 4.69) is 47.8 Å². The largest absolute Gasteiger partial charge is 0.487 e. The van der Waals surface area contributed by atoms with Gasteiger partial charge in [0.05, 0.1) is 50.1 Å². The summed E-state index contributed by atoms with van der Waals surface area (Å²) < 4.78 is 21.4. The molecule has 15 heteroatoms. The highest BCUT2D eigenvalue weighted by Gasteiger charge is 2.42. The van der Waals surface area contributed by atoms with Gasteiger partial charge in [0, 0.05) is 36.1 Å². The molecular formula is C33H38N12O3. The van der Waals surface area contributed by atoms with Gasteiger partial charge in [0.25, 0.3) is 5.88 Å². The van der Waals surface area contributed by atoms with Gasteiger partial charge in [0.2, 0.25) is 5.95 Å². The molecule has 3 aromatic heterocycles. The summed E-state index contributed by atoms with van der Waals surface area (Å²) >= 11 is 0. The zero-order valence-electron chi connectivity index (χ0n) is 26.9. The summed E-state index contributed by atoms with van der Waals surface area (Å²) in [5, 5.41) is 38.0. The van der Waals surface area contributed by atoms with Crippen molar-refractivity contribution in [3.8, 4) is 34.9 Å². The number of hydrogen-bond acceptors (Lipinski definition) is 13. The van der Waals surface area contributed by atoms with Gasteiger partial charge in [-0.3, -0.25) is 9.58 Å². The summed E-state index contributed by atoms with van der Waals surface area (Å²) in [5.41, 5.74) is 2.64. The number of benzene rings is 1. The van der Waals surface area contributed by atoms with E-state index in [0.29, 0.717) is 53.5 Å². The fourth-order valence-corrected chi connectivity index (χ4v) is 7.16. The lowest BCUT2D eigenvalue weighted by molar-refractivity contribution is -0.0458. The topological polar surface area (TPSA) is 178 Å². The highest BCUT2D eigenvalue weighted by molar-refractivity contribution is 5.67. The molecule has 7 rings (SSSR count). The maximum atomic E-state index is 9.65. The second-order valence-electron chi connectivity index (χ2n) is 12.6. The van der Waals surface area contributed by atoms with Gasteiger partial charge in [-0.2, -0.15) is 10.5 Å².